The van der Waals surface area contributed by atoms with Crippen LogP contribution in [0.4, 0.5) is 5.00 Å². The van der Waals surface area contributed by atoms with Gasteiger partial charge in [-0.2, -0.15) is 0 Å². The van der Waals surface area contributed by atoms with Crippen LogP contribution in [0.25, 0.3) is 0 Å². The van der Waals surface area contributed by atoms with E-state index in [4.69, 9.17) is 4.74 Å². The average Bonchev–Trinajstić information content (AvgIpc) is 3.15. The van der Waals surface area contributed by atoms with Crippen LogP contribution in [-0.4, -0.2) is 24.7 Å². The Balaban J connectivity index is 1.61. The second kappa shape index (κ2) is 7.85. The summed E-state index contributed by atoms with van der Waals surface area (Å²) in [6.45, 7) is 0. The van der Waals surface area contributed by atoms with E-state index in [1.165, 1.54) is 23.3 Å². The highest BCUT2D eigenvalue weighted by molar-refractivity contribution is 7.99. The molecule has 0 saturated heterocycles. The number of nitrogens with one attached hydrogen (secondary N) is 1. The van der Waals surface area contributed by atoms with Crippen molar-refractivity contribution in [1.29, 1.82) is 0 Å². The monoisotopic (exact) mass is 361 g/mol. The molecule has 6 heteroatoms. The first-order valence-corrected chi connectivity index (χ1v) is 9.70. The molecule has 0 fully saturated rings. The van der Waals surface area contributed by atoms with Crippen LogP contribution >= 0.6 is 23.1 Å². The number of rotatable bonds is 6. The Kier molecular flexibility index (Phi) is 5.58. The average molecular weight is 361 g/mol. The molecule has 1 aromatic heterocycles. The van der Waals surface area contributed by atoms with Crippen molar-refractivity contribution in [3.05, 3.63) is 46.3 Å². The predicted molar refractivity (Wildman–Crippen MR) is 98.1 cm³/mol. The molecule has 1 aliphatic rings. The number of carbonyl (C=O) groups is 2. The summed E-state index contributed by atoms with van der Waals surface area (Å²) in [7, 11) is 1.38. The van der Waals surface area contributed by atoms with E-state index in [1.54, 1.807) is 11.8 Å². The van der Waals surface area contributed by atoms with E-state index in [2.05, 4.69) is 5.32 Å². The van der Waals surface area contributed by atoms with Gasteiger partial charge in [-0.25, -0.2) is 4.79 Å². The molecule has 1 N–H and O–H groups in total. The highest BCUT2D eigenvalue weighted by Crippen LogP contribution is 2.39. The fourth-order valence-electron chi connectivity index (χ4n) is 2.78. The number of esters is 1. The number of hydrogen-bond acceptors (Lipinski definition) is 5. The molecule has 0 radical (unpaired) electrons. The molecule has 0 aliphatic heterocycles. The Bertz CT molecular complexity index is 740. The van der Waals surface area contributed by atoms with Gasteiger partial charge in [0.15, 0.2) is 0 Å². The summed E-state index contributed by atoms with van der Waals surface area (Å²) in [6.07, 6.45) is 3.33. The molecule has 4 nitrogen and oxygen atoms in total. The molecule has 3 rings (SSSR count). The zero-order valence-electron chi connectivity index (χ0n) is 13.5. The van der Waals surface area contributed by atoms with Gasteiger partial charge >= 0.3 is 5.97 Å². The van der Waals surface area contributed by atoms with Gasteiger partial charge in [0.1, 0.15) is 5.00 Å². The van der Waals surface area contributed by atoms with Crippen LogP contribution in [0.3, 0.4) is 0 Å². The molecule has 1 aliphatic carbocycles. The Hall–Kier alpha value is -1.79. The second-order valence-electron chi connectivity index (χ2n) is 5.51. The lowest BCUT2D eigenvalue weighted by molar-refractivity contribution is -0.115. The van der Waals surface area contributed by atoms with E-state index in [9.17, 15) is 9.59 Å². The lowest BCUT2D eigenvalue weighted by Gasteiger charge is -2.07. The molecule has 0 saturated carbocycles. The molecular weight excluding hydrogens is 342 g/mol. The number of methoxy groups -OCH3 is 1. The van der Waals surface area contributed by atoms with Gasteiger partial charge < -0.3 is 10.1 Å². The largest absolute Gasteiger partial charge is 0.465 e. The zero-order chi connectivity index (χ0) is 16.9. The van der Waals surface area contributed by atoms with Gasteiger partial charge in [0.2, 0.25) is 5.91 Å². The van der Waals surface area contributed by atoms with E-state index in [0.717, 1.165) is 29.7 Å². The molecular formula is C18H19NO3S2. The van der Waals surface area contributed by atoms with E-state index in [-0.39, 0.29) is 11.9 Å². The predicted octanol–water partition coefficient (Wildman–Crippen LogP) is 4.14. The van der Waals surface area contributed by atoms with Crippen molar-refractivity contribution >= 4 is 40.0 Å². The highest BCUT2D eigenvalue weighted by atomic mass is 32.2. The molecule has 1 heterocycles. The van der Waals surface area contributed by atoms with Gasteiger partial charge in [-0.15, -0.1) is 23.1 Å². The summed E-state index contributed by atoms with van der Waals surface area (Å²) in [5.74, 6) is 0.279. The third-order valence-electron chi connectivity index (χ3n) is 3.90. The fraction of sp³-hybridized carbons (Fsp3) is 0.333. The molecule has 126 valence electrons. The van der Waals surface area contributed by atoms with Crippen molar-refractivity contribution in [2.45, 2.75) is 30.6 Å². The normalized spacial score (nSPS) is 12.7. The van der Waals surface area contributed by atoms with E-state index < -0.39 is 0 Å². The van der Waals surface area contributed by atoms with E-state index >= 15 is 0 Å². The van der Waals surface area contributed by atoms with Gasteiger partial charge in [-0.05, 0) is 37.0 Å². The van der Waals surface area contributed by atoms with Gasteiger partial charge in [-0.1, -0.05) is 18.2 Å². The van der Waals surface area contributed by atoms with Crippen molar-refractivity contribution in [2.75, 3.05) is 18.2 Å². The molecule has 0 bridgehead atoms. The first-order valence-electron chi connectivity index (χ1n) is 7.89. The Morgan fingerprint density at radius 3 is 2.79 bits per heavy atom. The van der Waals surface area contributed by atoms with Crippen molar-refractivity contribution in [2.24, 2.45) is 0 Å². The van der Waals surface area contributed by atoms with Crippen LogP contribution in [0, 0.1) is 0 Å². The van der Waals surface area contributed by atoms with Crippen LogP contribution in [0.2, 0.25) is 0 Å². The van der Waals surface area contributed by atoms with E-state index in [0.29, 0.717) is 22.7 Å². The topological polar surface area (TPSA) is 55.4 Å². The molecule has 2 aromatic rings. The van der Waals surface area contributed by atoms with E-state index in [1.807, 2.05) is 30.3 Å². The number of benzene rings is 1. The number of amides is 1. The molecule has 0 atom stereocenters. The zero-order valence-corrected chi connectivity index (χ0v) is 15.1. The SMILES string of the molecule is COC(=O)c1c(NC(=O)CCSc2ccccc2)sc2c1CCC2. The van der Waals surface area contributed by atoms with Crippen molar-refractivity contribution in [3.8, 4) is 0 Å². The Labute approximate surface area is 149 Å². The number of thioether (sulfide) groups is 1. The summed E-state index contributed by atoms with van der Waals surface area (Å²) < 4.78 is 4.89. The third kappa shape index (κ3) is 3.82. The number of anilines is 1. The van der Waals surface area contributed by atoms with Gasteiger partial charge in [0, 0.05) is 21.9 Å². The molecule has 24 heavy (non-hydrogen) atoms. The van der Waals surface area contributed by atoms with Crippen LogP contribution in [0.15, 0.2) is 35.2 Å². The summed E-state index contributed by atoms with van der Waals surface area (Å²) in [5, 5.41) is 3.55. The third-order valence-corrected chi connectivity index (χ3v) is 6.13. The first-order chi connectivity index (χ1) is 11.7. The van der Waals surface area contributed by atoms with Gasteiger partial charge in [0.05, 0.1) is 12.7 Å². The Morgan fingerprint density at radius 2 is 2.04 bits per heavy atom. The standard InChI is InChI=1S/C18H19NO3S2/c1-22-18(21)16-13-8-5-9-14(13)24-17(16)19-15(20)10-11-23-12-6-3-2-4-7-12/h2-4,6-7H,5,8-11H2,1H3,(H,19,20). The highest BCUT2D eigenvalue weighted by Gasteiger charge is 2.27. The molecule has 0 unspecified atom stereocenters. The second-order valence-corrected chi connectivity index (χ2v) is 7.79. The number of fused-ring (bicyclic) bond motifs is 1. The van der Waals surface area contributed by atoms with Crippen molar-refractivity contribution in [3.63, 3.8) is 0 Å². The smallest absolute Gasteiger partial charge is 0.341 e. The maximum Gasteiger partial charge on any atom is 0.341 e. The summed E-state index contributed by atoms with van der Waals surface area (Å²) >= 11 is 3.16. The van der Waals surface area contributed by atoms with Crippen LogP contribution < -0.4 is 5.32 Å². The number of aryl methyl sites for hydroxylation is 1. The van der Waals surface area contributed by atoms with Gasteiger partial charge in [-0.3, -0.25) is 4.79 Å². The summed E-state index contributed by atoms with van der Waals surface area (Å²) in [5.41, 5.74) is 1.61. The number of thiophene rings is 1. The van der Waals surface area contributed by atoms with Crippen molar-refractivity contribution in [1.82, 2.24) is 0 Å². The molecule has 0 spiro atoms. The minimum absolute atomic E-state index is 0.0662. The number of hydrogen-bond donors (Lipinski definition) is 1. The summed E-state index contributed by atoms with van der Waals surface area (Å²) in [6, 6.07) is 10.0. The maximum absolute atomic E-state index is 12.2. The summed E-state index contributed by atoms with van der Waals surface area (Å²) in [4.78, 5) is 26.6. The van der Waals surface area contributed by atoms with Crippen LogP contribution in [-0.2, 0) is 22.4 Å². The lowest BCUT2D eigenvalue weighted by Crippen LogP contribution is -2.14. The lowest BCUT2D eigenvalue weighted by atomic mass is 10.1. The first kappa shape index (κ1) is 17.0. The minimum Gasteiger partial charge on any atom is -0.465 e. The van der Waals surface area contributed by atoms with Crippen LogP contribution in [0.1, 0.15) is 33.6 Å². The quantitative estimate of drug-likeness (QED) is 0.620. The Morgan fingerprint density at radius 1 is 1.25 bits per heavy atom. The maximum atomic E-state index is 12.2. The van der Waals surface area contributed by atoms with Crippen molar-refractivity contribution < 1.29 is 14.3 Å². The fourth-order valence-corrected chi connectivity index (χ4v) is 4.94. The molecule has 1 aromatic carbocycles. The minimum atomic E-state index is -0.358. The number of carbonyl (C=O) groups excluding carboxylic acids is 2. The van der Waals surface area contributed by atoms with Gasteiger partial charge in [0.25, 0.3) is 0 Å². The number of ether oxygens (including phenoxy) is 1. The van der Waals surface area contributed by atoms with Crippen LogP contribution in [0.5, 0.6) is 0 Å². The molecule has 1 amide bonds.